The Balaban J connectivity index is 1.92. The number of pyridine rings is 1. The number of nitrogens with one attached hydrogen (secondary N) is 1. The molecule has 0 bridgehead atoms. The molecule has 0 aliphatic rings. The molecule has 1 amide bonds. The summed E-state index contributed by atoms with van der Waals surface area (Å²) in [6.07, 6.45) is -2.83. The third-order valence-electron chi connectivity index (χ3n) is 4.08. The molecule has 0 atom stereocenters. The second-order valence-electron chi connectivity index (χ2n) is 5.96. The van der Waals surface area contributed by atoms with Gasteiger partial charge in [0.05, 0.1) is 11.3 Å². The van der Waals surface area contributed by atoms with Crippen LogP contribution in [-0.2, 0) is 17.5 Å². The second-order valence-corrected chi connectivity index (χ2v) is 5.96. The molecule has 1 aromatic heterocycles. The van der Waals surface area contributed by atoms with E-state index in [4.69, 9.17) is 0 Å². The number of halogens is 5. The Hall–Kier alpha value is -3.49. The molecule has 9 heteroatoms. The van der Waals surface area contributed by atoms with Crippen LogP contribution in [0.1, 0.15) is 11.1 Å². The molecule has 0 spiro atoms. The smallest absolute Gasteiger partial charge is 0.364 e. The Morgan fingerprint density at radius 2 is 1.79 bits per heavy atom. The van der Waals surface area contributed by atoms with Crippen LogP contribution in [0.3, 0.4) is 0 Å². The van der Waals surface area contributed by atoms with Gasteiger partial charge < -0.3 is 5.32 Å². The van der Waals surface area contributed by atoms with Crippen molar-refractivity contribution in [3.05, 3.63) is 83.6 Å². The van der Waals surface area contributed by atoms with E-state index >= 15 is 0 Å². The van der Waals surface area contributed by atoms with Crippen LogP contribution < -0.4 is 10.2 Å². The van der Waals surface area contributed by atoms with Crippen molar-refractivity contribution in [2.24, 2.45) is 0 Å². The van der Waals surface area contributed by atoms with Gasteiger partial charge in [-0.2, -0.15) is 13.2 Å². The zero-order chi connectivity index (χ0) is 21.0. The highest BCUT2D eigenvalue weighted by Gasteiger charge is 2.31. The summed E-state index contributed by atoms with van der Waals surface area (Å²) in [7, 11) is 0. The van der Waals surface area contributed by atoms with Gasteiger partial charge in [0.25, 0.3) is 0 Å². The number of anilines is 3. The topological polar surface area (TPSA) is 45.2 Å². The van der Waals surface area contributed by atoms with Crippen LogP contribution in [0, 0.1) is 11.6 Å². The summed E-state index contributed by atoms with van der Waals surface area (Å²) in [5, 5.41) is 2.79. The molecular weight excluding hydrogens is 393 g/mol. The molecule has 2 aromatic carbocycles. The molecule has 1 heterocycles. The third kappa shape index (κ3) is 4.50. The Morgan fingerprint density at radius 1 is 1.03 bits per heavy atom. The van der Waals surface area contributed by atoms with Crippen molar-refractivity contribution in [1.82, 2.24) is 4.98 Å². The van der Waals surface area contributed by atoms with Crippen LogP contribution >= 0.6 is 0 Å². The average Bonchev–Trinajstić information content (AvgIpc) is 2.70. The lowest BCUT2D eigenvalue weighted by Crippen LogP contribution is -2.18. The monoisotopic (exact) mass is 407 g/mol. The zero-order valence-electron chi connectivity index (χ0n) is 14.8. The molecule has 3 rings (SSSR count). The second kappa shape index (κ2) is 8.26. The maximum Gasteiger partial charge on any atom is 0.416 e. The zero-order valence-corrected chi connectivity index (χ0v) is 14.8. The maximum atomic E-state index is 13.8. The summed E-state index contributed by atoms with van der Waals surface area (Å²) in [6, 6.07) is 10.9. The quantitative estimate of drug-likeness (QED) is 0.446. The summed E-state index contributed by atoms with van der Waals surface area (Å²) >= 11 is 0. The standard InChI is InChI=1S/C20H14F5N3O/c21-16-7-1-4-13(18(16)22)11-27-19-17(8-3-9-26-19)28(12-29)15-6-2-5-14(10-15)20(23,24)25/h1-10,12H,11H2,(H,26,27). The molecule has 0 radical (unpaired) electrons. The summed E-state index contributed by atoms with van der Waals surface area (Å²) in [6.45, 7) is -0.150. The predicted octanol–water partition coefficient (Wildman–Crippen LogP) is 5.29. The molecule has 0 saturated carbocycles. The highest BCUT2D eigenvalue weighted by Crippen LogP contribution is 2.35. The lowest BCUT2D eigenvalue weighted by atomic mass is 10.1. The molecule has 3 aromatic rings. The van der Waals surface area contributed by atoms with Gasteiger partial charge >= 0.3 is 6.18 Å². The number of aromatic nitrogens is 1. The minimum absolute atomic E-state index is 0.0252. The number of rotatable bonds is 6. The van der Waals surface area contributed by atoms with Crippen molar-refractivity contribution in [2.75, 3.05) is 10.2 Å². The van der Waals surface area contributed by atoms with E-state index in [0.717, 1.165) is 23.1 Å². The fourth-order valence-electron chi connectivity index (χ4n) is 2.68. The van der Waals surface area contributed by atoms with Crippen LogP contribution in [-0.4, -0.2) is 11.4 Å². The van der Waals surface area contributed by atoms with Gasteiger partial charge in [-0.15, -0.1) is 0 Å². The van der Waals surface area contributed by atoms with Crippen molar-refractivity contribution in [2.45, 2.75) is 12.7 Å². The highest BCUT2D eigenvalue weighted by atomic mass is 19.4. The Morgan fingerprint density at radius 3 is 2.52 bits per heavy atom. The average molecular weight is 407 g/mol. The molecule has 4 nitrogen and oxygen atoms in total. The first-order chi connectivity index (χ1) is 13.8. The number of benzene rings is 2. The molecular formula is C20H14F5N3O. The van der Waals surface area contributed by atoms with E-state index in [1.54, 1.807) is 0 Å². The van der Waals surface area contributed by atoms with E-state index in [1.165, 1.54) is 42.6 Å². The van der Waals surface area contributed by atoms with Gasteiger partial charge in [-0.3, -0.25) is 9.69 Å². The van der Waals surface area contributed by atoms with Gasteiger partial charge in [-0.05, 0) is 36.4 Å². The predicted molar refractivity (Wildman–Crippen MR) is 97.6 cm³/mol. The van der Waals surface area contributed by atoms with Gasteiger partial charge in [0.15, 0.2) is 17.5 Å². The van der Waals surface area contributed by atoms with E-state index in [9.17, 15) is 26.7 Å². The van der Waals surface area contributed by atoms with E-state index in [0.29, 0.717) is 6.41 Å². The molecule has 0 fully saturated rings. The van der Waals surface area contributed by atoms with E-state index in [1.807, 2.05) is 0 Å². The summed E-state index contributed by atoms with van der Waals surface area (Å²) in [4.78, 5) is 16.7. The Labute approximate surface area is 162 Å². The number of carbonyl (C=O) groups is 1. The van der Waals surface area contributed by atoms with Crippen LogP contribution in [0.5, 0.6) is 0 Å². The lowest BCUT2D eigenvalue weighted by Gasteiger charge is -2.21. The van der Waals surface area contributed by atoms with Crippen LogP contribution in [0.4, 0.5) is 39.1 Å². The van der Waals surface area contributed by atoms with Crippen LogP contribution in [0.2, 0.25) is 0 Å². The number of carbonyl (C=O) groups excluding carboxylic acids is 1. The fourth-order valence-corrected chi connectivity index (χ4v) is 2.68. The first kappa shape index (κ1) is 20.2. The number of hydrogen-bond donors (Lipinski definition) is 1. The maximum absolute atomic E-state index is 13.8. The lowest BCUT2D eigenvalue weighted by molar-refractivity contribution is -0.137. The van der Waals surface area contributed by atoms with Gasteiger partial charge in [-0.25, -0.2) is 13.8 Å². The summed E-state index contributed by atoms with van der Waals surface area (Å²) in [5.41, 5.74) is -0.762. The minimum Gasteiger partial charge on any atom is -0.364 e. The van der Waals surface area contributed by atoms with Crippen molar-refractivity contribution >= 4 is 23.6 Å². The Kier molecular flexibility index (Phi) is 5.76. The fraction of sp³-hybridized carbons (Fsp3) is 0.100. The normalized spacial score (nSPS) is 11.2. The van der Waals surface area contributed by atoms with E-state index in [-0.39, 0.29) is 29.3 Å². The molecule has 0 saturated heterocycles. The van der Waals surface area contributed by atoms with Crippen molar-refractivity contribution in [3.63, 3.8) is 0 Å². The summed E-state index contributed by atoms with van der Waals surface area (Å²) in [5.74, 6) is -1.92. The first-order valence-corrected chi connectivity index (χ1v) is 8.35. The van der Waals surface area contributed by atoms with Crippen molar-refractivity contribution in [1.29, 1.82) is 0 Å². The molecule has 0 aliphatic heterocycles. The highest BCUT2D eigenvalue weighted by molar-refractivity contribution is 5.90. The number of amides is 1. The van der Waals surface area contributed by atoms with Gasteiger partial charge in [0, 0.05) is 24.0 Å². The van der Waals surface area contributed by atoms with E-state index < -0.39 is 23.4 Å². The largest absolute Gasteiger partial charge is 0.416 e. The van der Waals surface area contributed by atoms with Gasteiger partial charge in [-0.1, -0.05) is 18.2 Å². The molecule has 150 valence electrons. The van der Waals surface area contributed by atoms with Crippen LogP contribution in [0.15, 0.2) is 60.8 Å². The van der Waals surface area contributed by atoms with Gasteiger partial charge in [0.1, 0.15) is 0 Å². The van der Waals surface area contributed by atoms with Crippen molar-refractivity contribution in [3.8, 4) is 0 Å². The SMILES string of the molecule is O=CN(c1cccc(C(F)(F)F)c1)c1cccnc1NCc1cccc(F)c1F. The molecule has 0 aliphatic carbocycles. The molecule has 1 N–H and O–H groups in total. The molecule has 29 heavy (non-hydrogen) atoms. The Bertz CT molecular complexity index is 1020. The first-order valence-electron chi connectivity index (χ1n) is 8.35. The van der Waals surface area contributed by atoms with Gasteiger partial charge in [0.2, 0.25) is 6.41 Å². The van der Waals surface area contributed by atoms with Crippen LogP contribution in [0.25, 0.3) is 0 Å². The number of alkyl halides is 3. The number of hydrogen-bond acceptors (Lipinski definition) is 3. The summed E-state index contributed by atoms with van der Waals surface area (Å²) < 4.78 is 66.2. The van der Waals surface area contributed by atoms with Crippen molar-refractivity contribution < 1.29 is 26.7 Å². The third-order valence-corrected chi connectivity index (χ3v) is 4.08. The molecule has 0 unspecified atom stereocenters. The number of nitrogens with zero attached hydrogens (tertiary/aromatic N) is 2. The van der Waals surface area contributed by atoms with E-state index in [2.05, 4.69) is 10.3 Å². The minimum atomic E-state index is -4.57.